The smallest absolute Gasteiger partial charge is 0.256 e. The van der Waals surface area contributed by atoms with Gasteiger partial charge in [0.1, 0.15) is 5.82 Å². The van der Waals surface area contributed by atoms with E-state index in [9.17, 15) is 17.6 Å². The number of primary sulfonamides is 1. The fourth-order valence-electron chi connectivity index (χ4n) is 2.02. The van der Waals surface area contributed by atoms with Crippen molar-refractivity contribution in [1.29, 1.82) is 0 Å². The van der Waals surface area contributed by atoms with Gasteiger partial charge in [-0.05, 0) is 37.5 Å². The number of sulfonamides is 1. The highest BCUT2D eigenvalue weighted by Crippen LogP contribution is 2.20. The summed E-state index contributed by atoms with van der Waals surface area (Å²) in [4.78, 5) is 13.6. The molecule has 1 aromatic rings. The van der Waals surface area contributed by atoms with Crippen LogP contribution < -0.4 is 5.14 Å². The Morgan fingerprint density at radius 2 is 1.95 bits per heavy atom. The topological polar surface area (TPSA) is 80.5 Å². The van der Waals surface area contributed by atoms with Crippen LogP contribution in [0.1, 0.15) is 36.7 Å². The number of carbonyl (C=O) groups excluding carboxylic acids is 1. The van der Waals surface area contributed by atoms with E-state index in [1.54, 1.807) is 6.92 Å². The molecule has 0 bridgehead atoms. The largest absolute Gasteiger partial charge is 0.339 e. The third-order valence-corrected chi connectivity index (χ3v) is 3.93. The van der Waals surface area contributed by atoms with Crippen molar-refractivity contribution < 1.29 is 17.6 Å². The Morgan fingerprint density at radius 1 is 1.38 bits per heavy atom. The number of benzene rings is 1. The molecule has 21 heavy (non-hydrogen) atoms. The summed E-state index contributed by atoms with van der Waals surface area (Å²) in [7, 11) is -3.99. The molecule has 0 saturated carbocycles. The lowest BCUT2D eigenvalue weighted by Gasteiger charge is -2.23. The number of rotatable bonds is 5. The summed E-state index contributed by atoms with van der Waals surface area (Å²) in [5.41, 5.74) is -0.188. The highest BCUT2D eigenvalue weighted by atomic mass is 32.2. The molecule has 7 heteroatoms. The third-order valence-electron chi connectivity index (χ3n) is 3.04. The van der Waals surface area contributed by atoms with Gasteiger partial charge in [-0.2, -0.15) is 0 Å². The predicted molar refractivity (Wildman–Crippen MR) is 78.9 cm³/mol. The van der Waals surface area contributed by atoms with Gasteiger partial charge in [-0.1, -0.05) is 13.8 Å². The van der Waals surface area contributed by atoms with E-state index in [0.29, 0.717) is 13.1 Å². The average Bonchev–Trinajstić information content (AvgIpc) is 2.36. The number of halogens is 1. The molecular formula is C14H21FN2O3S. The van der Waals surface area contributed by atoms with E-state index in [2.05, 4.69) is 0 Å². The first kappa shape index (κ1) is 17.6. The van der Waals surface area contributed by atoms with Crippen LogP contribution in [0, 0.1) is 18.7 Å². The molecule has 0 spiro atoms. The molecule has 1 rings (SSSR count). The van der Waals surface area contributed by atoms with Crippen molar-refractivity contribution in [2.75, 3.05) is 13.1 Å². The molecular weight excluding hydrogens is 295 g/mol. The Bertz CT molecular complexity index is 642. The molecule has 118 valence electrons. The van der Waals surface area contributed by atoms with Crippen molar-refractivity contribution >= 4 is 15.9 Å². The maximum atomic E-state index is 14.2. The Hall–Kier alpha value is -1.47. The van der Waals surface area contributed by atoms with Gasteiger partial charge in [0, 0.05) is 13.1 Å². The lowest BCUT2D eigenvalue weighted by atomic mass is 10.1. The van der Waals surface area contributed by atoms with Crippen LogP contribution in [-0.4, -0.2) is 32.3 Å². The number of aryl methyl sites for hydroxylation is 1. The van der Waals surface area contributed by atoms with E-state index in [1.165, 1.54) is 11.8 Å². The molecule has 0 saturated heterocycles. The first-order chi connectivity index (χ1) is 9.57. The van der Waals surface area contributed by atoms with E-state index >= 15 is 0 Å². The molecule has 0 radical (unpaired) electrons. The Kier molecular flexibility index (Phi) is 5.47. The van der Waals surface area contributed by atoms with Gasteiger partial charge in [-0.15, -0.1) is 0 Å². The molecule has 1 aromatic carbocycles. The van der Waals surface area contributed by atoms with Gasteiger partial charge in [-0.3, -0.25) is 4.79 Å². The summed E-state index contributed by atoms with van der Waals surface area (Å²) < 4.78 is 37.0. The Morgan fingerprint density at radius 3 is 2.38 bits per heavy atom. The molecule has 0 atom stereocenters. The van der Waals surface area contributed by atoms with Gasteiger partial charge < -0.3 is 4.90 Å². The highest BCUT2D eigenvalue weighted by Gasteiger charge is 2.23. The van der Waals surface area contributed by atoms with Gasteiger partial charge in [0.25, 0.3) is 5.91 Å². The first-order valence-corrected chi connectivity index (χ1v) is 8.24. The zero-order valence-corrected chi connectivity index (χ0v) is 13.5. The van der Waals surface area contributed by atoms with Crippen molar-refractivity contribution in [3.05, 3.63) is 29.1 Å². The maximum absolute atomic E-state index is 14.2. The third kappa shape index (κ3) is 4.25. The van der Waals surface area contributed by atoms with Crippen LogP contribution in [0.3, 0.4) is 0 Å². The lowest BCUT2D eigenvalue weighted by Crippen LogP contribution is -2.34. The minimum atomic E-state index is -3.99. The highest BCUT2D eigenvalue weighted by molar-refractivity contribution is 7.89. The monoisotopic (exact) mass is 316 g/mol. The van der Waals surface area contributed by atoms with Crippen molar-refractivity contribution in [2.24, 2.45) is 11.1 Å². The molecule has 5 nitrogen and oxygen atoms in total. The molecule has 1 amide bonds. The van der Waals surface area contributed by atoms with E-state index < -0.39 is 21.7 Å². The van der Waals surface area contributed by atoms with Gasteiger partial charge in [0.05, 0.1) is 10.5 Å². The quantitative estimate of drug-likeness (QED) is 0.901. The van der Waals surface area contributed by atoms with Crippen molar-refractivity contribution in [2.45, 2.75) is 32.6 Å². The zero-order valence-electron chi connectivity index (χ0n) is 12.7. The average molecular weight is 316 g/mol. The van der Waals surface area contributed by atoms with Crippen molar-refractivity contribution in [3.8, 4) is 0 Å². The summed E-state index contributed by atoms with van der Waals surface area (Å²) in [5.74, 6) is -1.02. The molecule has 0 aliphatic carbocycles. The normalized spacial score (nSPS) is 11.8. The van der Waals surface area contributed by atoms with Crippen LogP contribution in [0.15, 0.2) is 17.0 Å². The number of hydrogen-bond acceptors (Lipinski definition) is 3. The van der Waals surface area contributed by atoms with E-state index in [4.69, 9.17) is 5.14 Å². The summed E-state index contributed by atoms with van der Waals surface area (Å²) in [5, 5.41) is 5.06. The van der Waals surface area contributed by atoms with Crippen molar-refractivity contribution in [1.82, 2.24) is 4.90 Å². The predicted octanol–water partition coefficient (Wildman–Crippen LogP) is 1.90. The number of amides is 1. The second-order valence-corrected chi connectivity index (χ2v) is 6.95. The molecule has 0 unspecified atom stereocenters. The van der Waals surface area contributed by atoms with E-state index in [0.717, 1.165) is 12.1 Å². The number of hydrogen-bond donors (Lipinski definition) is 1. The van der Waals surface area contributed by atoms with Crippen molar-refractivity contribution in [3.63, 3.8) is 0 Å². The van der Waals surface area contributed by atoms with Gasteiger partial charge in [0.15, 0.2) is 0 Å². The molecule has 0 aliphatic rings. The minimum absolute atomic E-state index is 0.0745. The molecule has 0 heterocycles. The Balaban J connectivity index is 3.35. The summed E-state index contributed by atoms with van der Waals surface area (Å²) in [6, 6.07) is 2.13. The lowest BCUT2D eigenvalue weighted by molar-refractivity contribution is 0.0740. The second-order valence-electron chi connectivity index (χ2n) is 5.38. The molecule has 0 aromatic heterocycles. The van der Waals surface area contributed by atoms with Crippen LogP contribution >= 0.6 is 0 Å². The fourth-order valence-corrected chi connectivity index (χ4v) is 2.65. The number of carbonyl (C=O) groups is 1. The number of nitrogens with two attached hydrogens (primary N) is 1. The van der Waals surface area contributed by atoms with Crippen LogP contribution in [0.5, 0.6) is 0 Å². The zero-order chi connectivity index (χ0) is 16.4. The van der Waals surface area contributed by atoms with Gasteiger partial charge in [0.2, 0.25) is 10.0 Å². The minimum Gasteiger partial charge on any atom is -0.339 e. The van der Waals surface area contributed by atoms with Crippen LogP contribution in [-0.2, 0) is 10.0 Å². The molecule has 0 aliphatic heterocycles. The second kappa shape index (κ2) is 6.53. The van der Waals surface area contributed by atoms with Crippen LogP contribution in [0.4, 0.5) is 4.39 Å². The molecule has 0 fully saturated rings. The van der Waals surface area contributed by atoms with Crippen LogP contribution in [0.2, 0.25) is 0 Å². The Labute approximate surface area is 125 Å². The summed E-state index contributed by atoms with van der Waals surface area (Å²) in [6.07, 6.45) is 0. The number of nitrogens with zero attached hydrogens (tertiary/aromatic N) is 1. The van der Waals surface area contributed by atoms with E-state index in [-0.39, 0.29) is 21.9 Å². The van der Waals surface area contributed by atoms with Gasteiger partial charge >= 0.3 is 0 Å². The van der Waals surface area contributed by atoms with E-state index in [1.807, 2.05) is 13.8 Å². The summed E-state index contributed by atoms with van der Waals surface area (Å²) in [6.45, 7) is 7.95. The summed E-state index contributed by atoms with van der Waals surface area (Å²) >= 11 is 0. The van der Waals surface area contributed by atoms with Gasteiger partial charge in [-0.25, -0.2) is 17.9 Å². The first-order valence-electron chi connectivity index (χ1n) is 6.70. The maximum Gasteiger partial charge on any atom is 0.256 e. The fraction of sp³-hybridized carbons (Fsp3) is 0.500. The standard InChI is InChI=1S/C14H21FN2O3S/c1-5-17(8-9(2)3)14(18)12-7-11(21(16,19)20)6-10(4)13(12)15/h6-7,9H,5,8H2,1-4H3,(H2,16,19,20). The SMILES string of the molecule is CCN(CC(C)C)C(=O)c1cc(S(N)(=O)=O)cc(C)c1F. The molecule has 2 N–H and O–H groups in total. The van der Waals surface area contributed by atoms with Crippen LogP contribution in [0.25, 0.3) is 0 Å².